The van der Waals surface area contributed by atoms with Gasteiger partial charge in [0.1, 0.15) is 5.03 Å². The summed E-state index contributed by atoms with van der Waals surface area (Å²) in [5.74, 6) is 0.902. The van der Waals surface area contributed by atoms with E-state index < -0.39 is 9.84 Å². The SMILES string of the molecule is CC(C)(C)CCSc1nc(-c2ccccc2)cn2c(-c3ccc(C(=O)NC4CC4)cc3)cnc12.CS(=O)(=O)c1nc(-c2ccccc2)cn2c(-c3ccc(C(=O)NC4CC4)cc3)cnc12. The molecule has 8 aromatic rings. The lowest BCUT2D eigenvalue weighted by atomic mass is 9.94. The number of nitrogens with one attached hydrogen (secondary N) is 2. The average Bonchev–Trinajstić information content (AvgIpc) is 4.22. The monoisotopic (exact) mass is 902 g/mol. The van der Waals surface area contributed by atoms with E-state index in [0.717, 1.165) is 88.4 Å². The van der Waals surface area contributed by atoms with Crippen molar-refractivity contribution < 1.29 is 18.0 Å². The van der Waals surface area contributed by atoms with Gasteiger partial charge in [-0.15, -0.1) is 11.8 Å². The number of fused-ring (bicyclic) bond motifs is 2. The minimum Gasteiger partial charge on any atom is -0.349 e. The van der Waals surface area contributed by atoms with Gasteiger partial charge in [0.05, 0.1) is 35.2 Å². The summed E-state index contributed by atoms with van der Waals surface area (Å²) in [6.45, 7) is 6.79. The van der Waals surface area contributed by atoms with Gasteiger partial charge in [0.25, 0.3) is 11.8 Å². The van der Waals surface area contributed by atoms with Gasteiger partial charge < -0.3 is 10.6 Å². The number of amides is 2. The molecule has 0 atom stereocenters. The number of nitrogens with zero attached hydrogens (tertiary/aromatic N) is 6. The Labute approximate surface area is 382 Å². The Bertz CT molecular complexity index is 3120. The summed E-state index contributed by atoms with van der Waals surface area (Å²) in [6, 6.07) is 35.3. The maximum Gasteiger partial charge on any atom is 0.251 e. The van der Waals surface area contributed by atoms with Crippen molar-refractivity contribution in [3.05, 3.63) is 145 Å². The second kappa shape index (κ2) is 18.1. The predicted octanol–water partition coefficient (Wildman–Crippen LogP) is 9.84. The van der Waals surface area contributed by atoms with Gasteiger partial charge in [0.15, 0.2) is 26.2 Å². The first kappa shape index (κ1) is 43.6. The number of carbonyl (C=O) groups is 2. The highest BCUT2D eigenvalue weighted by Crippen LogP contribution is 2.33. The van der Waals surface area contributed by atoms with Crippen molar-refractivity contribution in [2.75, 3.05) is 12.0 Å². The van der Waals surface area contributed by atoms with Crippen molar-refractivity contribution >= 4 is 44.7 Å². The minimum absolute atomic E-state index is 0.000269. The molecule has 4 aromatic carbocycles. The number of benzene rings is 4. The molecule has 0 spiro atoms. The third-order valence-corrected chi connectivity index (χ3v) is 13.1. The summed E-state index contributed by atoms with van der Waals surface area (Å²) >= 11 is 1.76. The standard InChI is InChI=1S/C28H30N4OS.C23H20N4O3S/c1-28(2,3)15-16-34-27-25-29-17-24(32(25)18-23(31-27)19-7-5-4-6-8-19)20-9-11-21(12-10-20)26(33)30-22-13-14-22;1-31(29,30)23-21-24-13-20(27(21)14-19(26-23)15-5-3-2-4-6-15)16-7-9-17(10-8-16)22(28)25-18-11-12-18/h4-12,17-18,22H,13-16H2,1-3H3,(H,30,33);2-10,13-14,18H,11-12H2,1H3,(H,25,28). The average molecular weight is 903 g/mol. The van der Waals surface area contributed by atoms with Crippen LogP contribution in [0.25, 0.3) is 56.3 Å². The van der Waals surface area contributed by atoms with Gasteiger partial charge in [-0.05, 0) is 61.8 Å². The number of sulfone groups is 1. The van der Waals surface area contributed by atoms with Gasteiger partial charge >= 0.3 is 0 Å². The van der Waals surface area contributed by atoms with Gasteiger partial charge in [-0.2, -0.15) is 0 Å². The molecule has 2 aliphatic carbocycles. The van der Waals surface area contributed by atoms with Gasteiger partial charge in [-0.25, -0.2) is 28.4 Å². The predicted molar refractivity (Wildman–Crippen MR) is 257 cm³/mol. The van der Waals surface area contributed by atoms with Gasteiger partial charge in [0.2, 0.25) is 0 Å². The molecule has 2 saturated carbocycles. The second-order valence-electron chi connectivity index (χ2n) is 17.9. The molecule has 2 amide bonds. The molecule has 330 valence electrons. The van der Waals surface area contributed by atoms with Gasteiger partial charge in [-0.3, -0.25) is 18.4 Å². The Hall–Kier alpha value is -6.64. The highest BCUT2D eigenvalue weighted by Gasteiger charge is 2.26. The largest absolute Gasteiger partial charge is 0.349 e. The van der Waals surface area contributed by atoms with Crippen molar-refractivity contribution in [2.45, 2.75) is 75.0 Å². The molecule has 0 saturated heterocycles. The molecule has 12 nitrogen and oxygen atoms in total. The topological polar surface area (TPSA) is 153 Å². The molecule has 2 N–H and O–H groups in total. The summed E-state index contributed by atoms with van der Waals surface area (Å²) in [4.78, 5) is 43.1. The highest BCUT2D eigenvalue weighted by atomic mass is 32.2. The summed E-state index contributed by atoms with van der Waals surface area (Å²) in [5, 5.41) is 6.89. The molecule has 4 heterocycles. The first-order chi connectivity index (χ1) is 31.3. The molecule has 0 aliphatic heterocycles. The van der Waals surface area contributed by atoms with E-state index >= 15 is 0 Å². The fraction of sp³-hybridized carbons (Fsp3) is 0.255. The number of aromatic nitrogens is 6. The Morgan fingerprint density at radius 1 is 0.631 bits per heavy atom. The van der Waals surface area contributed by atoms with Crippen molar-refractivity contribution in [3.63, 3.8) is 0 Å². The van der Waals surface area contributed by atoms with E-state index in [9.17, 15) is 18.0 Å². The van der Waals surface area contributed by atoms with Crippen LogP contribution in [0.1, 0.15) is 73.6 Å². The fourth-order valence-electron chi connectivity index (χ4n) is 7.22. The van der Waals surface area contributed by atoms with Crippen LogP contribution in [0, 0.1) is 5.41 Å². The molecule has 4 aromatic heterocycles. The number of thioether (sulfide) groups is 1. The normalized spacial score (nSPS) is 13.9. The van der Waals surface area contributed by atoms with Crippen LogP contribution in [-0.4, -0.2) is 73.1 Å². The van der Waals surface area contributed by atoms with Crippen molar-refractivity contribution in [1.82, 2.24) is 39.4 Å². The molecule has 0 unspecified atom stereocenters. The lowest BCUT2D eigenvalue weighted by molar-refractivity contribution is 0.0942. The molecule has 10 rings (SSSR count). The Balaban J connectivity index is 0.000000165. The summed E-state index contributed by atoms with van der Waals surface area (Å²) in [6.07, 6.45) is 13.8. The van der Waals surface area contributed by atoms with E-state index in [1.807, 2.05) is 91.1 Å². The van der Waals surface area contributed by atoms with Gasteiger partial charge in [-0.1, -0.05) is 106 Å². The zero-order valence-corrected chi connectivity index (χ0v) is 38.4. The van der Waals surface area contributed by atoms with E-state index in [1.165, 1.54) is 0 Å². The Kier molecular flexibility index (Phi) is 12.1. The summed E-state index contributed by atoms with van der Waals surface area (Å²) < 4.78 is 28.7. The van der Waals surface area contributed by atoms with Crippen LogP contribution in [-0.2, 0) is 9.84 Å². The Morgan fingerprint density at radius 2 is 1.08 bits per heavy atom. The second-order valence-corrected chi connectivity index (χ2v) is 20.9. The quantitative estimate of drug-likeness (QED) is 0.114. The third-order valence-electron chi connectivity index (χ3n) is 11.2. The van der Waals surface area contributed by atoms with E-state index in [1.54, 1.807) is 40.7 Å². The molecule has 0 bridgehead atoms. The number of imidazole rings is 2. The number of hydrogen-bond donors (Lipinski definition) is 2. The lowest BCUT2D eigenvalue weighted by Gasteiger charge is -2.17. The minimum atomic E-state index is -3.60. The van der Waals surface area contributed by atoms with Crippen molar-refractivity contribution in [2.24, 2.45) is 5.41 Å². The van der Waals surface area contributed by atoms with Crippen LogP contribution < -0.4 is 10.6 Å². The lowest BCUT2D eigenvalue weighted by Crippen LogP contribution is -2.25. The first-order valence-corrected chi connectivity index (χ1v) is 24.7. The van der Waals surface area contributed by atoms with Crippen LogP contribution in [0.5, 0.6) is 0 Å². The first-order valence-electron chi connectivity index (χ1n) is 21.8. The third kappa shape index (κ3) is 10.3. The van der Waals surface area contributed by atoms with Crippen molar-refractivity contribution in [1.29, 1.82) is 0 Å². The fourth-order valence-corrected chi connectivity index (χ4v) is 9.32. The van der Waals surface area contributed by atoms with Gasteiger partial charge in [0, 0.05) is 69.9 Å². The van der Waals surface area contributed by atoms with Crippen LogP contribution in [0.3, 0.4) is 0 Å². The number of hydrogen-bond acceptors (Lipinski definition) is 9. The zero-order chi connectivity index (χ0) is 45.3. The van der Waals surface area contributed by atoms with E-state index in [-0.39, 0.29) is 27.9 Å². The smallest absolute Gasteiger partial charge is 0.251 e. The number of rotatable bonds is 12. The van der Waals surface area contributed by atoms with E-state index in [4.69, 9.17) is 9.97 Å². The van der Waals surface area contributed by atoms with Crippen LogP contribution in [0.2, 0.25) is 0 Å². The maximum atomic E-state index is 12.4. The highest BCUT2D eigenvalue weighted by molar-refractivity contribution is 7.99. The summed E-state index contributed by atoms with van der Waals surface area (Å²) in [5.41, 5.74) is 9.57. The van der Waals surface area contributed by atoms with Crippen molar-refractivity contribution in [3.8, 4) is 45.0 Å². The molecule has 2 fully saturated rings. The van der Waals surface area contributed by atoms with Crippen LogP contribution >= 0.6 is 11.8 Å². The molecular weight excluding hydrogens is 853 g/mol. The molecular formula is C51H50N8O4S2. The molecule has 0 radical (unpaired) electrons. The summed E-state index contributed by atoms with van der Waals surface area (Å²) in [7, 11) is -3.60. The maximum absolute atomic E-state index is 12.4. The molecule has 65 heavy (non-hydrogen) atoms. The Morgan fingerprint density at radius 3 is 1.52 bits per heavy atom. The van der Waals surface area contributed by atoms with E-state index in [2.05, 4.69) is 64.1 Å². The molecule has 14 heteroatoms. The number of carbonyl (C=O) groups excluding carboxylic acids is 2. The molecule has 2 aliphatic rings. The van der Waals surface area contributed by atoms with Crippen LogP contribution in [0.15, 0.2) is 144 Å². The van der Waals surface area contributed by atoms with Crippen LogP contribution in [0.4, 0.5) is 0 Å². The zero-order valence-electron chi connectivity index (χ0n) is 36.7. The van der Waals surface area contributed by atoms with E-state index in [0.29, 0.717) is 34.6 Å².